The van der Waals surface area contributed by atoms with E-state index in [-0.39, 0.29) is 0 Å². The summed E-state index contributed by atoms with van der Waals surface area (Å²) in [5.41, 5.74) is 10.2. The molecule has 0 radical (unpaired) electrons. The third-order valence-electron chi connectivity index (χ3n) is 9.52. The number of rotatable bonds is 4. The minimum Gasteiger partial charge on any atom is -0.497 e. The Morgan fingerprint density at radius 2 is 1.18 bits per heavy atom. The molecule has 0 spiro atoms. The second-order valence-corrected chi connectivity index (χ2v) is 12.0. The van der Waals surface area contributed by atoms with Gasteiger partial charge in [0.2, 0.25) is 0 Å². The van der Waals surface area contributed by atoms with Crippen LogP contribution in [0.5, 0.6) is 5.75 Å². The molecule has 2 heteroatoms. The highest BCUT2D eigenvalue weighted by Crippen LogP contribution is 2.45. The van der Waals surface area contributed by atoms with Crippen LogP contribution in [-0.4, -0.2) is 11.7 Å². The van der Waals surface area contributed by atoms with Gasteiger partial charge in [-0.3, -0.25) is 0 Å². The first-order valence-corrected chi connectivity index (χ1v) is 15.7. The fourth-order valence-corrected chi connectivity index (χ4v) is 7.52. The molecular formula is C43H31NO. The molecule has 0 N–H and O–H groups in total. The molecule has 8 aromatic rings. The number of ether oxygens (including phenoxy) is 1. The number of aromatic nitrogens is 1. The minimum atomic E-state index is 0.877. The number of methoxy groups -OCH3 is 1. The van der Waals surface area contributed by atoms with Crippen LogP contribution >= 0.6 is 0 Å². The monoisotopic (exact) mass is 577 g/mol. The molecule has 2 nitrogen and oxygen atoms in total. The SMILES string of the molecule is COc1ccc2cc(-c3c4ccccc4c(-c4cccc(-n5c6c(c7ccccc75)CCC=C6)c4)c4ccccc34)ccc2c1. The molecule has 9 rings (SSSR count). The van der Waals surface area contributed by atoms with Crippen LogP contribution in [0.4, 0.5) is 0 Å². The zero-order valence-corrected chi connectivity index (χ0v) is 25.1. The molecule has 1 aliphatic carbocycles. The maximum atomic E-state index is 5.48. The molecule has 0 saturated heterocycles. The van der Waals surface area contributed by atoms with E-state index in [0.29, 0.717) is 0 Å². The zero-order valence-electron chi connectivity index (χ0n) is 25.1. The Morgan fingerprint density at radius 1 is 0.556 bits per heavy atom. The molecule has 0 saturated carbocycles. The number of aryl methyl sites for hydroxylation is 1. The van der Waals surface area contributed by atoms with Gasteiger partial charge in [-0.05, 0) is 115 Å². The van der Waals surface area contributed by atoms with Crippen molar-refractivity contribution in [3.63, 3.8) is 0 Å². The van der Waals surface area contributed by atoms with Gasteiger partial charge in [-0.2, -0.15) is 0 Å². The Balaban J connectivity index is 1.30. The fourth-order valence-electron chi connectivity index (χ4n) is 7.52. The van der Waals surface area contributed by atoms with Gasteiger partial charge in [0.25, 0.3) is 0 Å². The molecule has 1 aromatic heterocycles. The second-order valence-electron chi connectivity index (χ2n) is 12.0. The van der Waals surface area contributed by atoms with Gasteiger partial charge >= 0.3 is 0 Å². The van der Waals surface area contributed by atoms with E-state index in [9.17, 15) is 0 Å². The lowest BCUT2D eigenvalue weighted by molar-refractivity contribution is 0.415. The molecule has 0 unspecified atom stereocenters. The molecule has 0 atom stereocenters. The molecule has 1 heterocycles. The van der Waals surface area contributed by atoms with Crippen molar-refractivity contribution >= 4 is 49.3 Å². The van der Waals surface area contributed by atoms with Gasteiger partial charge in [0.1, 0.15) is 5.75 Å². The van der Waals surface area contributed by atoms with Crippen LogP contribution in [-0.2, 0) is 6.42 Å². The quantitative estimate of drug-likeness (QED) is 0.190. The lowest BCUT2D eigenvalue weighted by Gasteiger charge is -2.19. The van der Waals surface area contributed by atoms with E-state index >= 15 is 0 Å². The van der Waals surface area contributed by atoms with Crippen LogP contribution in [0.25, 0.3) is 77.2 Å². The van der Waals surface area contributed by atoms with Crippen LogP contribution < -0.4 is 4.74 Å². The number of allylic oxidation sites excluding steroid dienone is 1. The predicted molar refractivity (Wildman–Crippen MR) is 191 cm³/mol. The van der Waals surface area contributed by atoms with Gasteiger partial charge in [-0.1, -0.05) is 103 Å². The van der Waals surface area contributed by atoms with Crippen molar-refractivity contribution in [1.82, 2.24) is 4.57 Å². The van der Waals surface area contributed by atoms with Gasteiger partial charge in [-0.25, -0.2) is 0 Å². The summed E-state index contributed by atoms with van der Waals surface area (Å²) in [6, 6.07) is 48.8. The largest absolute Gasteiger partial charge is 0.497 e. The highest BCUT2D eigenvalue weighted by molar-refractivity contribution is 6.21. The molecular weight excluding hydrogens is 546 g/mol. The van der Waals surface area contributed by atoms with Gasteiger partial charge in [-0.15, -0.1) is 0 Å². The van der Waals surface area contributed by atoms with Gasteiger partial charge < -0.3 is 9.30 Å². The van der Waals surface area contributed by atoms with Crippen molar-refractivity contribution in [3.8, 4) is 33.7 Å². The Hall–Kier alpha value is -5.60. The summed E-state index contributed by atoms with van der Waals surface area (Å²) in [7, 11) is 1.72. The zero-order chi connectivity index (χ0) is 29.9. The average molecular weight is 578 g/mol. The first-order valence-electron chi connectivity index (χ1n) is 15.7. The summed E-state index contributed by atoms with van der Waals surface area (Å²) in [5.74, 6) is 0.877. The Kier molecular flexibility index (Phi) is 5.89. The summed E-state index contributed by atoms with van der Waals surface area (Å²) in [6.07, 6.45) is 6.80. The lowest BCUT2D eigenvalue weighted by Crippen LogP contribution is -2.00. The third-order valence-corrected chi connectivity index (χ3v) is 9.52. The summed E-state index contributed by atoms with van der Waals surface area (Å²) in [6.45, 7) is 0. The van der Waals surface area contributed by atoms with Crippen LogP contribution in [0.15, 0.2) is 140 Å². The standard InChI is InChI=1S/C43H31NO/c1-45-33-24-23-28-25-31(22-21-29(28)27-33)43-38-17-4-2-15-36(38)42(37-16-3-5-18-39(37)43)30-11-10-12-32(26-30)44-40-19-8-6-13-34(40)35-14-7-9-20-41(35)44/h2-6,8-13,15-27H,7,14H2,1H3. The Bertz CT molecular complexity index is 2420. The number of hydrogen-bond acceptors (Lipinski definition) is 1. The first kappa shape index (κ1) is 25.9. The highest BCUT2D eigenvalue weighted by atomic mass is 16.5. The van der Waals surface area contributed by atoms with Crippen molar-refractivity contribution in [2.75, 3.05) is 7.11 Å². The highest BCUT2D eigenvalue weighted by Gasteiger charge is 2.20. The van der Waals surface area contributed by atoms with Crippen LogP contribution in [0, 0.1) is 0 Å². The third kappa shape index (κ3) is 4.03. The van der Waals surface area contributed by atoms with Gasteiger partial charge in [0.05, 0.1) is 12.6 Å². The van der Waals surface area contributed by atoms with Crippen LogP contribution in [0.2, 0.25) is 0 Å². The summed E-state index contributed by atoms with van der Waals surface area (Å²) < 4.78 is 7.93. The van der Waals surface area contributed by atoms with E-state index in [2.05, 4.69) is 144 Å². The van der Waals surface area contributed by atoms with Crippen LogP contribution in [0.3, 0.4) is 0 Å². The molecule has 0 amide bonds. The van der Waals surface area contributed by atoms with Crippen molar-refractivity contribution in [3.05, 3.63) is 151 Å². The number of para-hydroxylation sites is 1. The number of hydrogen-bond donors (Lipinski definition) is 0. The number of fused-ring (bicyclic) bond motifs is 6. The van der Waals surface area contributed by atoms with Crippen LogP contribution in [0.1, 0.15) is 17.7 Å². The van der Waals surface area contributed by atoms with E-state index in [0.717, 1.165) is 18.6 Å². The second kappa shape index (κ2) is 10.2. The van der Waals surface area contributed by atoms with Gasteiger partial charge in [0, 0.05) is 16.8 Å². The van der Waals surface area contributed by atoms with Crippen molar-refractivity contribution in [2.24, 2.45) is 0 Å². The molecule has 0 aliphatic heterocycles. The summed E-state index contributed by atoms with van der Waals surface area (Å²) in [5, 5.41) is 8.78. The van der Waals surface area contributed by atoms with E-state index in [1.165, 1.54) is 82.4 Å². The molecule has 7 aromatic carbocycles. The average Bonchev–Trinajstić information content (AvgIpc) is 3.44. The summed E-state index contributed by atoms with van der Waals surface area (Å²) >= 11 is 0. The smallest absolute Gasteiger partial charge is 0.119 e. The topological polar surface area (TPSA) is 14.2 Å². The molecule has 214 valence electrons. The maximum Gasteiger partial charge on any atom is 0.119 e. The fraction of sp³-hybridized carbons (Fsp3) is 0.0698. The van der Waals surface area contributed by atoms with Crippen molar-refractivity contribution < 1.29 is 4.74 Å². The van der Waals surface area contributed by atoms with Gasteiger partial charge in [0.15, 0.2) is 0 Å². The normalized spacial score (nSPS) is 12.7. The van der Waals surface area contributed by atoms with E-state index < -0.39 is 0 Å². The Labute approximate surface area is 262 Å². The number of benzene rings is 7. The molecule has 1 aliphatic rings. The molecule has 0 fully saturated rings. The van der Waals surface area contributed by atoms with E-state index in [1.807, 2.05) is 6.07 Å². The van der Waals surface area contributed by atoms with Crippen molar-refractivity contribution in [1.29, 1.82) is 0 Å². The Morgan fingerprint density at radius 3 is 1.89 bits per heavy atom. The van der Waals surface area contributed by atoms with E-state index in [4.69, 9.17) is 4.74 Å². The number of nitrogens with zero attached hydrogens (tertiary/aromatic N) is 1. The first-order chi connectivity index (χ1) is 22.3. The minimum absolute atomic E-state index is 0.877. The predicted octanol–water partition coefficient (Wildman–Crippen LogP) is 11.4. The molecule has 45 heavy (non-hydrogen) atoms. The summed E-state index contributed by atoms with van der Waals surface area (Å²) in [4.78, 5) is 0. The van der Waals surface area contributed by atoms with E-state index in [1.54, 1.807) is 7.11 Å². The lowest BCUT2D eigenvalue weighted by atomic mass is 9.85. The maximum absolute atomic E-state index is 5.48. The molecule has 0 bridgehead atoms. The van der Waals surface area contributed by atoms with Crippen molar-refractivity contribution in [2.45, 2.75) is 12.8 Å².